The van der Waals surface area contributed by atoms with Crippen LogP contribution in [0.2, 0.25) is 0 Å². The minimum Gasteiger partial charge on any atom is -0.365 e. The number of hydrogen-bond acceptors (Lipinski definition) is 2. The average Bonchev–Trinajstić information content (AvgIpc) is 2.79. The summed E-state index contributed by atoms with van der Waals surface area (Å²) in [6.07, 6.45) is 1.33. The van der Waals surface area contributed by atoms with Gasteiger partial charge in [0.1, 0.15) is 0 Å². The number of hydrogen-bond donors (Lipinski definition) is 1. The summed E-state index contributed by atoms with van der Waals surface area (Å²) in [4.78, 5) is 2.57. The van der Waals surface area contributed by atoms with Crippen molar-refractivity contribution in [3.63, 3.8) is 0 Å². The Hall–Kier alpha value is -1.02. The molecule has 2 heteroatoms. The SMILES string of the molecule is Cc1ccccc1N1C[C@H]2C[C@@H]1CN2. The van der Waals surface area contributed by atoms with Gasteiger partial charge in [0.2, 0.25) is 0 Å². The molecular formula is C12H16N2. The Kier molecular flexibility index (Phi) is 1.77. The number of nitrogens with zero attached hydrogens (tertiary/aromatic N) is 1. The molecule has 1 aromatic carbocycles. The molecule has 0 aromatic heterocycles. The highest BCUT2D eigenvalue weighted by Crippen LogP contribution is 2.31. The zero-order valence-corrected chi connectivity index (χ0v) is 8.53. The maximum Gasteiger partial charge on any atom is 0.0430 e. The van der Waals surface area contributed by atoms with Crippen LogP contribution in [0.5, 0.6) is 0 Å². The second kappa shape index (κ2) is 2.99. The number of fused-ring (bicyclic) bond motifs is 2. The van der Waals surface area contributed by atoms with Crippen molar-refractivity contribution in [3.8, 4) is 0 Å². The third-order valence-electron chi connectivity index (χ3n) is 3.48. The number of aryl methyl sites for hydroxylation is 1. The van der Waals surface area contributed by atoms with Crippen LogP contribution in [0.4, 0.5) is 5.69 Å². The molecule has 0 spiro atoms. The summed E-state index contributed by atoms with van der Waals surface area (Å²) in [6.45, 7) is 4.56. The molecule has 2 saturated heterocycles. The molecule has 1 N–H and O–H groups in total. The monoisotopic (exact) mass is 188 g/mol. The van der Waals surface area contributed by atoms with Crippen LogP contribution in [0.15, 0.2) is 24.3 Å². The van der Waals surface area contributed by atoms with Crippen molar-refractivity contribution < 1.29 is 0 Å². The fraction of sp³-hybridized carbons (Fsp3) is 0.500. The first-order valence-corrected chi connectivity index (χ1v) is 5.40. The zero-order valence-electron chi connectivity index (χ0n) is 8.53. The first-order valence-electron chi connectivity index (χ1n) is 5.40. The van der Waals surface area contributed by atoms with E-state index < -0.39 is 0 Å². The third kappa shape index (κ3) is 1.14. The third-order valence-corrected chi connectivity index (χ3v) is 3.48. The van der Waals surface area contributed by atoms with Gasteiger partial charge in [-0.15, -0.1) is 0 Å². The van der Waals surface area contributed by atoms with Gasteiger partial charge >= 0.3 is 0 Å². The lowest BCUT2D eigenvalue weighted by atomic mass is 10.1. The Morgan fingerprint density at radius 3 is 2.86 bits per heavy atom. The Bertz CT molecular complexity index is 348. The summed E-state index contributed by atoms with van der Waals surface area (Å²) >= 11 is 0. The van der Waals surface area contributed by atoms with Crippen molar-refractivity contribution in [2.45, 2.75) is 25.4 Å². The lowest BCUT2D eigenvalue weighted by molar-refractivity contribution is 0.579. The van der Waals surface area contributed by atoms with Crippen molar-refractivity contribution in [2.75, 3.05) is 18.0 Å². The predicted octanol–water partition coefficient (Wildman–Crippen LogP) is 1.55. The van der Waals surface area contributed by atoms with Crippen molar-refractivity contribution in [2.24, 2.45) is 0 Å². The standard InChI is InChI=1S/C12H16N2/c1-9-4-2-3-5-12(9)14-8-10-6-11(14)7-13-10/h2-5,10-11,13H,6-8H2,1H3/t10-,11-/m1/s1. The van der Waals surface area contributed by atoms with E-state index in [1.807, 2.05) is 0 Å². The van der Waals surface area contributed by atoms with Gasteiger partial charge in [-0.25, -0.2) is 0 Å². The van der Waals surface area contributed by atoms with E-state index in [4.69, 9.17) is 0 Å². The molecule has 2 heterocycles. The largest absolute Gasteiger partial charge is 0.365 e. The lowest BCUT2D eigenvalue weighted by Gasteiger charge is -2.30. The summed E-state index contributed by atoms with van der Waals surface area (Å²) in [7, 11) is 0. The first kappa shape index (κ1) is 8.30. The molecule has 1 aromatic rings. The molecule has 2 aliphatic rings. The smallest absolute Gasteiger partial charge is 0.0430 e. The van der Waals surface area contributed by atoms with E-state index in [1.54, 1.807) is 0 Å². The Morgan fingerprint density at radius 1 is 1.36 bits per heavy atom. The van der Waals surface area contributed by atoms with Crippen LogP contribution >= 0.6 is 0 Å². The van der Waals surface area contributed by atoms with Crippen molar-refractivity contribution in [1.29, 1.82) is 0 Å². The van der Waals surface area contributed by atoms with Crippen LogP contribution in [-0.2, 0) is 0 Å². The van der Waals surface area contributed by atoms with Gasteiger partial charge in [-0.2, -0.15) is 0 Å². The molecule has 0 unspecified atom stereocenters. The van der Waals surface area contributed by atoms with Gasteiger partial charge in [0.15, 0.2) is 0 Å². The predicted molar refractivity (Wildman–Crippen MR) is 58.7 cm³/mol. The van der Waals surface area contributed by atoms with Crippen LogP contribution < -0.4 is 10.2 Å². The Balaban J connectivity index is 1.93. The summed E-state index contributed by atoms with van der Waals surface area (Å²) in [5.74, 6) is 0. The fourth-order valence-electron chi connectivity index (χ4n) is 2.74. The molecule has 74 valence electrons. The van der Waals surface area contributed by atoms with Crippen molar-refractivity contribution >= 4 is 5.69 Å². The van der Waals surface area contributed by atoms with E-state index >= 15 is 0 Å². The molecule has 2 aliphatic heterocycles. The van der Waals surface area contributed by atoms with Crippen LogP contribution in [0, 0.1) is 6.92 Å². The minimum absolute atomic E-state index is 0.736. The van der Waals surface area contributed by atoms with Crippen LogP contribution in [0.25, 0.3) is 0 Å². The fourth-order valence-corrected chi connectivity index (χ4v) is 2.74. The van der Waals surface area contributed by atoms with Gasteiger partial charge in [-0.1, -0.05) is 18.2 Å². The molecule has 0 saturated carbocycles. The van der Waals surface area contributed by atoms with E-state index in [1.165, 1.54) is 30.8 Å². The molecule has 14 heavy (non-hydrogen) atoms. The Labute approximate surface area is 84.9 Å². The van der Waals surface area contributed by atoms with Gasteiger partial charge in [0.05, 0.1) is 0 Å². The summed E-state index contributed by atoms with van der Waals surface area (Å²) in [5, 5.41) is 3.53. The maximum atomic E-state index is 3.53. The van der Waals surface area contributed by atoms with Gasteiger partial charge in [0, 0.05) is 30.9 Å². The van der Waals surface area contributed by atoms with Crippen LogP contribution in [0.3, 0.4) is 0 Å². The topological polar surface area (TPSA) is 15.3 Å². The number of nitrogens with one attached hydrogen (secondary N) is 1. The quantitative estimate of drug-likeness (QED) is 0.719. The average molecular weight is 188 g/mol. The normalized spacial score (nSPS) is 29.9. The van der Waals surface area contributed by atoms with Crippen molar-refractivity contribution in [3.05, 3.63) is 29.8 Å². The number of piperazine rings is 1. The van der Waals surface area contributed by atoms with Gasteiger partial charge in [-0.05, 0) is 25.0 Å². The molecule has 2 nitrogen and oxygen atoms in total. The summed E-state index contributed by atoms with van der Waals surface area (Å²) in [6, 6.07) is 10.2. The zero-order chi connectivity index (χ0) is 9.54. The van der Waals surface area contributed by atoms with Crippen molar-refractivity contribution in [1.82, 2.24) is 5.32 Å². The number of benzene rings is 1. The summed E-state index contributed by atoms with van der Waals surface area (Å²) in [5.41, 5.74) is 2.83. The first-order chi connectivity index (χ1) is 6.84. The van der Waals surface area contributed by atoms with Crippen LogP contribution in [0.1, 0.15) is 12.0 Å². The minimum atomic E-state index is 0.736. The second-order valence-corrected chi connectivity index (χ2v) is 4.43. The highest BCUT2D eigenvalue weighted by atomic mass is 15.3. The van der Waals surface area contributed by atoms with E-state index in [-0.39, 0.29) is 0 Å². The number of para-hydroxylation sites is 1. The highest BCUT2D eigenvalue weighted by molar-refractivity contribution is 5.55. The summed E-state index contributed by atoms with van der Waals surface area (Å²) < 4.78 is 0. The van der Waals surface area contributed by atoms with E-state index in [9.17, 15) is 0 Å². The molecule has 2 bridgehead atoms. The lowest BCUT2D eigenvalue weighted by Crippen LogP contribution is -2.43. The van der Waals surface area contributed by atoms with Gasteiger partial charge in [0.25, 0.3) is 0 Å². The molecule has 3 rings (SSSR count). The van der Waals surface area contributed by atoms with E-state index in [0.29, 0.717) is 0 Å². The highest BCUT2D eigenvalue weighted by Gasteiger charge is 2.37. The van der Waals surface area contributed by atoms with Gasteiger partial charge in [-0.3, -0.25) is 0 Å². The molecule has 0 amide bonds. The molecular weight excluding hydrogens is 172 g/mol. The molecule has 2 fully saturated rings. The second-order valence-electron chi connectivity index (χ2n) is 4.43. The molecule has 2 atom stereocenters. The molecule has 0 aliphatic carbocycles. The van der Waals surface area contributed by atoms with E-state index in [0.717, 1.165) is 12.1 Å². The number of anilines is 1. The van der Waals surface area contributed by atoms with Crippen LogP contribution in [-0.4, -0.2) is 25.2 Å². The van der Waals surface area contributed by atoms with E-state index in [2.05, 4.69) is 41.4 Å². The molecule has 0 radical (unpaired) electrons. The van der Waals surface area contributed by atoms with Gasteiger partial charge < -0.3 is 10.2 Å². The Morgan fingerprint density at radius 2 is 2.21 bits per heavy atom. The maximum absolute atomic E-state index is 3.53. The number of rotatable bonds is 1.